The largest absolute Gasteiger partial charge is 0.395 e. The molecule has 8 heavy (non-hydrogen) atoms. The summed E-state index contributed by atoms with van der Waals surface area (Å²) in [5.74, 6) is 0. The molecule has 0 aromatic rings. The Hall–Kier alpha value is -0.520. The Balaban J connectivity index is 3.40. The summed E-state index contributed by atoms with van der Waals surface area (Å²) < 4.78 is 0. The molecule has 3 heteroatoms. The monoisotopic (exact) mass is 131 g/mol. The standard InChI is InChI=1S/C5H6ClNO/c6-5(4-8)2-1-3-7/h1-2,5,8H,4H2/t5-/m0/s1. The van der Waals surface area contributed by atoms with E-state index in [0.717, 1.165) is 0 Å². The molecule has 1 N–H and O–H groups in total. The lowest BCUT2D eigenvalue weighted by Crippen LogP contribution is -1.98. The zero-order valence-corrected chi connectivity index (χ0v) is 4.97. The second-order valence-corrected chi connectivity index (χ2v) is 1.75. The molecular weight excluding hydrogens is 126 g/mol. The van der Waals surface area contributed by atoms with E-state index in [2.05, 4.69) is 0 Å². The summed E-state index contributed by atoms with van der Waals surface area (Å²) in [5.41, 5.74) is 0. The van der Waals surface area contributed by atoms with Crippen LogP contribution in [0.5, 0.6) is 0 Å². The molecule has 0 aliphatic rings. The zero-order valence-electron chi connectivity index (χ0n) is 4.21. The van der Waals surface area contributed by atoms with E-state index in [4.69, 9.17) is 22.0 Å². The quantitative estimate of drug-likeness (QED) is 0.442. The molecule has 0 spiro atoms. The molecule has 0 aliphatic heterocycles. The van der Waals surface area contributed by atoms with Crippen LogP contribution in [0.25, 0.3) is 0 Å². The van der Waals surface area contributed by atoms with Gasteiger partial charge in [-0.2, -0.15) is 5.26 Å². The average molecular weight is 132 g/mol. The maximum atomic E-state index is 8.27. The van der Waals surface area contributed by atoms with Gasteiger partial charge in [-0.05, 0) is 0 Å². The normalized spacial score (nSPS) is 13.6. The minimum Gasteiger partial charge on any atom is -0.395 e. The number of allylic oxidation sites excluding steroid dienone is 1. The number of rotatable bonds is 2. The molecular formula is C5H6ClNO. The van der Waals surface area contributed by atoms with Crippen molar-refractivity contribution >= 4 is 11.6 Å². The van der Waals surface area contributed by atoms with E-state index in [9.17, 15) is 0 Å². The molecule has 0 aromatic heterocycles. The van der Waals surface area contributed by atoms with Crippen molar-refractivity contribution in [2.75, 3.05) is 6.61 Å². The van der Waals surface area contributed by atoms with Crippen molar-refractivity contribution in [3.05, 3.63) is 12.2 Å². The van der Waals surface area contributed by atoms with E-state index in [-0.39, 0.29) is 6.61 Å². The van der Waals surface area contributed by atoms with Gasteiger partial charge in [0.15, 0.2) is 0 Å². The van der Waals surface area contributed by atoms with Gasteiger partial charge in [0.2, 0.25) is 0 Å². The summed E-state index contributed by atoms with van der Waals surface area (Å²) >= 11 is 5.36. The van der Waals surface area contributed by atoms with Gasteiger partial charge in [0, 0.05) is 6.08 Å². The first-order valence-electron chi connectivity index (χ1n) is 2.12. The van der Waals surface area contributed by atoms with Gasteiger partial charge in [-0.1, -0.05) is 6.08 Å². The van der Waals surface area contributed by atoms with Crippen LogP contribution in [-0.2, 0) is 0 Å². The summed E-state index contributed by atoms with van der Waals surface area (Å²) in [6.07, 6.45) is 2.68. The Bertz CT molecular complexity index is 116. The Kier molecular flexibility index (Phi) is 4.33. The van der Waals surface area contributed by atoms with Crippen LogP contribution in [0, 0.1) is 11.3 Å². The van der Waals surface area contributed by atoms with E-state index >= 15 is 0 Å². The van der Waals surface area contributed by atoms with Gasteiger partial charge in [0.25, 0.3) is 0 Å². The number of aliphatic hydroxyl groups is 1. The molecule has 1 atom stereocenters. The minimum atomic E-state index is -0.422. The van der Waals surface area contributed by atoms with Crippen molar-refractivity contribution in [2.24, 2.45) is 0 Å². The van der Waals surface area contributed by atoms with Gasteiger partial charge in [0.1, 0.15) is 0 Å². The summed E-state index contributed by atoms with van der Waals surface area (Å²) in [5, 5.41) is 15.8. The highest BCUT2D eigenvalue weighted by molar-refractivity contribution is 6.21. The Morgan fingerprint density at radius 1 is 1.88 bits per heavy atom. The highest BCUT2D eigenvalue weighted by Crippen LogP contribution is 1.93. The maximum absolute atomic E-state index is 8.27. The summed E-state index contributed by atoms with van der Waals surface area (Å²) in [6, 6.07) is 1.76. The minimum absolute atomic E-state index is 0.125. The van der Waals surface area contributed by atoms with E-state index in [1.165, 1.54) is 12.2 Å². The highest BCUT2D eigenvalue weighted by atomic mass is 35.5. The molecule has 0 saturated heterocycles. The molecule has 0 fully saturated rings. The molecule has 0 rings (SSSR count). The second-order valence-electron chi connectivity index (χ2n) is 1.19. The molecule has 0 radical (unpaired) electrons. The first-order valence-corrected chi connectivity index (χ1v) is 2.56. The first kappa shape index (κ1) is 7.48. The van der Waals surface area contributed by atoms with Crippen molar-refractivity contribution in [1.29, 1.82) is 5.26 Å². The van der Waals surface area contributed by atoms with Gasteiger partial charge in [-0.3, -0.25) is 0 Å². The number of hydrogen-bond donors (Lipinski definition) is 1. The number of aliphatic hydroxyl groups excluding tert-OH is 1. The average Bonchev–Trinajstić information content (AvgIpc) is 1.83. The third kappa shape index (κ3) is 3.66. The second kappa shape index (κ2) is 4.63. The van der Waals surface area contributed by atoms with Crippen LogP contribution in [0.1, 0.15) is 0 Å². The number of alkyl halides is 1. The van der Waals surface area contributed by atoms with Crippen molar-refractivity contribution in [1.82, 2.24) is 0 Å². The van der Waals surface area contributed by atoms with Gasteiger partial charge < -0.3 is 5.11 Å². The third-order valence-corrected chi connectivity index (χ3v) is 0.837. The van der Waals surface area contributed by atoms with Crippen LogP contribution < -0.4 is 0 Å². The van der Waals surface area contributed by atoms with Crippen molar-refractivity contribution < 1.29 is 5.11 Å². The molecule has 0 unspecified atom stereocenters. The Morgan fingerprint density at radius 3 is 2.88 bits per heavy atom. The number of halogens is 1. The van der Waals surface area contributed by atoms with Gasteiger partial charge >= 0.3 is 0 Å². The van der Waals surface area contributed by atoms with Gasteiger partial charge in [0.05, 0.1) is 18.1 Å². The van der Waals surface area contributed by atoms with Crippen molar-refractivity contribution in [3.63, 3.8) is 0 Å². The zero-order chi connectivity index (χ0) is 6.41. The smallest absolute Gasteiger partial charge is 0.0909 e. The fraction of sp³-hybridized carbons (Fsp3) is 0.400. The van der Waals surface area contributed by atoms with Gasteiger partial charge in [-0.25, -0.2) is 0 Å². The Labute approximate surface area is 53.0 Å². The van der Waals surface area contributed by atoms with Crippen LogP contribution in [-0.4, -0.2) is 17.1 Å². The summed E-state index contributed by atoms with van der Waals surface area (Å²) in [7, 11) is 0. The van der Waals surface area contributed by atoms with E-state index in [0.29, 0.717) is 0 Å². The molecule has 0 saturated carbocycles. The molecule has 0 aromatic carbocycles. The lowest BCUT2D eigenvalue weighted by Gasteiger charge is -1.91. The van der Waals surface area contributed by atoms with Crippen LogP contribution in [0.2, 0.25) is 0 Å². The first-order chi connectivity index (χ1) is 3.81. The van der Waals surface area contributed by atoms with Crippen LogP contribution in [0.3, 0.4) is 0 Å². The highest BCUT2D eigenvalue weighted by Gasteiger charge is 1.91. The molecule has 0 amide bonds. The van der Waals surface area contributed by atoms with E-state index in [1.54, 1.807) is 6.07 Å². The van der Waals surface area contributed by atoms with Gasteiger partial charge in [-0.15, -0.1) is 11.6 Å². The van der Waals surface area contributed by atoms with Crippen molar-refractivity contribution in [3.8, 4) is 6.07 Å². The maximum Gasteiger partial charge on any atom is 0.0909 e. The fourth-order valence-corrected chi connectivity index (χ4v) is 0.281. The predicted octanol–water partition coefficient (Wildman–Crippen LogP) is 0.666. The SMILES string of the molecule is N#CC=C[C@H](Cl)CO. The van der Waals surface area contributed by atoms with Crippen LogP contribution in [0.4, 0.5) is 0 Å². The lowest BCUT2D eigenvalue weighted by molar-refractivity contribution is 0.305. The number of nitriles is 1. The third-order valence-electron chi connectivity index (χ3n) is 0.554. The molecule has 44 valence electrons. The van der Waals surface area contributed by atoms with E-state index < -0.39 is 5.38 Å². The fourth-order valence-electron chi connectivity index (χ4n) is 0.208. The molecule has 0 bridgehead atoms. The number of nitrogens with zero attached hydrogens (tertiary/aromatic N) is 1. The predicted molar refractivity (Wildman–Crippen MR) is 31.5 cm³/mol. The van der Waals surface area contributed by atoms with Crippen molar-refractivity contribution in [2.45, 2.75) is 5.38 Å². The van der Waals surface area contributed by atoms with Crippen LogP contribution >= 0.6 is 11.6 Å². The van der Waals surface area contributed by atoms with Crippen LogP contribution in [0.15, 0.2) is 12.2 Å². The van der Waals surface area contributed by atoms with E-state index in [1.807, 2.05) is 0 Å². The topological polar surface area (TPSA) is 44.0 Å². The molecule has 0 aliphatic carbocycles. The molecule has 2 nitrogen and oxygen atoms in total. The Morgan fingerprint density at radius 2 is 2.50 bits per heavy atom. The lowest BCUT2D eigenvalue weighted by atomic mass is 10.4. The molecule has 0 heterocycles. The summed E-state index contributed by atoms with van der Waals surface area (Å²) in [6.45, 7) is -0.125. The summed E-state index contributed by atoms with van der Waals surface area (Å²) in [4.78, 5) is 0. The number of hydrogen-bond acceptors (Lipinski definition) is 2.